The van der Waals surface area contributed by atoms with Gasteiger partial charge in [-0.25, -0.2) is 4.98 Å². The SMILES string of the molecule is CCOc1ccc2nc(-c3ccc(Cl)cc3)c3ccccc3c2c1. The van der Waals surface area contributed by atoms with Crippen LogP contribution in [0.1, 0.15) is 6.92 Å². The Balaban J connectivity index is 2.03. The third-order valence-electron chi connectivity index (χ3n) is 4.10. The number of benzene rings is 3. The summed E-state index contributed by atoms with van der Waals surface area (Å²) in [5.74, 6) is 0.871. The standard InChI is InChI=1S/C21H16ClNO/c1-2-24-16-11-12-20-19(13-16)17-5-3-4-6-18(17)21(23-20)14-7-9-15(22)10-8-14/h3-13H,2H2,1H3. The van der Waals surface area contributed by atoms with Gasteiger partial charge in [0.15, 0.2) is 0 Å². The number of ether oxygens (including phenoxy) is 1. The van der Waals surface area contributed by atoms with Crippen molar-refractivity contribution in [2.45, 2.75) is 6.92 Å². The number of hydrogen-bond donors (Lipinski definition) is 0. The molecule has 0 aliphatic carbocycles. The maximum atomic E-state index is 6.03. The largest absolute Gasteiger partial charge is 0.494 e. The molecule has 0 unspecified atom stereocenters. The van der Waals surface area contributed by atoms with Crippen LogP contribution in [0.3, 0.4) is 0 Å². The van der Waals surface area contributed by atoms with E-state index in [1.165, 1.54) is 5.39 Å². The average Bonchev–Trinajstić information content (AvgIpc) is 2.62. The van der Waals surface area contributed by atoms with Crippen molar-refractivity contribution in [3.8, 4) is 17.0 Å². The number of rotatable bonds is 3. The highest BCUT2D eigenvalue weighted by atomic mass is 35.5. The molecule has 24 heavy (non-hydrogen) atoms. The predicted molar refractivity (Wildman–Crippen MR) is 101 cm³/mol. The van der Waals surface area contributed by atoms with Crippen LogP contribution in [-0.2, 0) is 0 Å². The minimum Gasteiger partial charge on any atom is -0.494 e. The van der Waals surface area contributed by atoms with Gasteiger partial charge in [-0.15, -0.1) is 0 Å². The predicted octanol–water partition coefficient (Wildman–Crippen LogP) is 6.11. The van der Waals surface area contributed by atoms with Gasteiger partial charge in [-0.05, 0) is 42.6 Å². The highest BCUT2D eigenvalue weighted by molar-refractivity contribution is 6.30. The van der Waals surface area contributed by atoms with Gasteiger partial charge in [0.2, 0.25) is 0 Å². The lowest BCUT2D eigenvalue weighted by Gasteiger charge is -2.11. The highest BCUT2D eigenvalue weighted by Crippen LogP contribution is 2.34. The van der Waals surface area contributed by atoms with Gasteiger partial charge >= 0.3 is 0 Å². The summed E-state index contributed by atoms with van der Waals surface area (Å²) in [4.78, 5) is 4.91. The molecule has 4 rings (SSSR count). The molecule has 0 bridgehead atoms. The van der Waals surface area contributed by atoms with Gasteiger partial charge < -0.3 is 4.74 Å². The average molecular weight is 334 g/mol. The second-order valence-electron chi connectivity index (χ2n) is 5.62. The molecule has 0 aliphatic heterocycles. The van der Waals surface area contributed by atoms with Crippen LogP contribution in [0.5, 0.6) is 5.75 Å². The fraction of sp³-hybridized carbons (Fsp3) is 0.0952. The van der Waals surface area contributed by atoms with Crippen molar-refractivity contribution >= 4 is 33.3 Å². The van der Waals surface area contributed by atoms with Crippen LogP contribution in [0, 0.1) is 0 Å². The lowest BCUT2D eigenvalue weighted by atomic mass is 10.00. The molecule has 0 radical (unpaired) electrons. The smallest absolute Gasteiger partial charge is 0.120 e. The number of fused-ring (bicyclic) bond motifs is 3. The van der Waals surface area contributed by atoms with Crippen molar-refractivity contribution in [1.29, 1.82) is 0 Å². The van der Waals surface area contributed by atoms with E-state index < -0.39 is 0 Å². The van der Waals surface area contributed by atoms with Crippen molar-refractivity contribution in [2.24, 2.45) is 0 Å². The summed E-state index contributed by atoms with van der Waals surface area (Å²) < 4.78 is 5.65. The van der Waals surface area contributed by atoms with E-state index >= 15 is 0 Å². The molecule has 1 heterocycles. The molecule has 3 heteroatoms. The summed E-state index contributed by atoms with van der Waals surface area (Å²) in [6.07, 6.45) is 0. The summed E-state index contributed by atoms with van der Waals surface area (Å²) in [5, 5.41) is 4.13. The first-order valence-corrected chi connectivity index (χ1v) is 8.35. The fourth-order valence-corrected chi connectivity index (χ4v) is 3.14. The molecular formula is C21H16ClNO. The molecule has 0 N–H and O–H groups in total. The quantitative estimate of drug-likeness (QED) is 0.422. The Bertz CT molecular complexity index is 1030. The topological polar surface area (TPSA) is 22.1 Å². The van der Waals surface area contributed by atoms with Crippen molar-refractivity contribution in [3.05, 3.63) is 71.8 Å². The Labute approximate surface area is 145 Å². The zero-order chi connectivity index (χ0) is 16.5. The third-order valence-corrected chi connectivity index (χ3v) is 4.35. The first kappa shape index (κ1) is 15.0. The molecule has 0 fully saturated rings. The lowest BCUT2D eigenvalue weighted by molar-refractivity contribution is 0.341. The number of hydrogen-bond acceptors (Lipinski definition) is 2. The van der Waals surface area contributed by atoms with Gasteiger partial charge in [0.05, 0.1) is 17.8 Å². The summed E-state index contributed by atoms with van der Waals surface area (Å²) in [6, 6.07) is 22.2. The monoisotopic (exact) mass is 333 g/mol. The van der Waals surface area contributed by atoms with Gasteiger partial charge in [0.25, 0.3) is 0 Å². The normalized spacial score (nSPS) is 11.1. The number of halogens is 1. The van der Waals surface area contributed by atoms with E-state index in [4.69, 9.17) is 21.3 Å². The third kappa shape index (κ3) is 2.59. The van der Waals surface area contributed by atoms with E-state index in [1.807, 2.05) is 49.4 Å². The van der Waals surface area contributed by atoms with Crippen molar-refractivity contribution < 1.29 is 4.74 Å². The second kappa shape index (κ2) is 6.14. The van der Waals surface area contributed by atoms with E-state index in [0.29, 0.717) is 6.61 Å². The van der Waals surface area contributed by atoms with E-state index in [9.17, 15) is 0 Å². The van der Waals surface area contributed by atoms with Gasteiger partial charge in [-0.3, -0.25) is 0 Å². The zero-order valence-electron chi connectivity index (χ0n) is 13.3. The second-order valence-corrected chi connectivity index (χ2v) is 6.06. The van der Waals surface area contributed by atoms with Crippen LogP contribution in [-0.4, -0.2) is 11.6 Å². The van der Waals surface area contributed by atoms with Crippen molar-refractivity contribution in [3.63, 3.8) is 0 Å². The van der Waals surface area contributed by atoms with E-state index in [-0.39, 0.29) is 0 Å². The van der Waals surface area contributed by atoms with Crippen LogP contribution in [0.25, 0.3) is 32.9 Å². The van der Waals surface area contributed by atoms with Gasteiger partial charge in [-0.1, -0.05) is 48.0 Å². The van der Waals surface area contributed by atoms with Gasteiger partial charge in [-0.2, -0.15) is 0 Å². The first-order chi connectivity index (χ1) is 11.8. The number of nitrogens with zero attached hydrogens (tertiary/aromatic N) is 1. The molecule has 0 aliphatic rings. The molecule has 2 nitrogen and oxygen atoms in total. The maximum Gasteiger partial charge on any atom is 0.120 e. The van der Waals surface area contributed by atoms with E-state index in [2.05, 4.69) is 24.3 Å². The van der Waals surface area contributed by atoms with Crippen LogP contribution in [0.2, 0.25) is 5.02 Å². The van der Waals surface area contributed by atoms with Crippen molar-refractivity contribution in [1.82, 2.24) is 4.98 Å². The summed E-state index contributed by atoms with van der Waals surface area (Å²) in [5.41, 5.74) is 2.99. The van der Waals surface area contributed by atoms with E-state index in [1.54, 1.807) is 0 Å². The first-order valence-electron chi connectivity index (χ1n) is 7.97. The molecule has 0 saturated carbocycles. The summed E-state index contributed by atoms with van der Waals surface area (Å²) in [6.45, 7) is 2.64. The lowest BCUT2D eigenvalue weighted by Crippen LogP contribution is -1.93. The minimum absolute atomic E-state index is 0.653. The molecular weight excluding hydrogens is 318 g/mol. The Morgan fingerprint density at radius 1 is 0.875 bits per heavy atom. The Kier molecular flexibility index (Phi) is 3.83. The Hall–Kier alpha value is -2.58. The Morgan fingerprint density at radius 2 is 1.62 bits per heavy atom. The van der Waals surface area contributed by atoms with Crippen molar-refractivity contribution in [2.75, 3.05) is 6.61 Å². The van der Waals surface area contributed by atoms with E-state index in [0.717, 1.165) is 38.3 Å². The molecule has 4 aromatic rings. The van der Waals surface area contributed by atoms with Crippen LogP contribution < -0.4 is 4.74 Å². The molecule has 0 atom stereocenters. The zero-order valence-corrected chi connectivity index (χ0v) is 14.0. The molecule has 0 saturated heterocycles. The van der Waals surface area contributed by atoms with Crippen LogP contribution in [0.4, 0.5) is 0 Å². The fourth-order valence-electron chi connectivity index (χ4n) is 3.02. The molecule has 118 valence electrons. The summed E-state index contributed by atoms with van der Waals surface area (Å²) >= 11 is 6.03. The number of pyridine rings is 1. The maximum absolute atomic E-state index is 6.03. The molecule has 3 aromatic carbocycles. The minimum atomic E-state index is 0.653. The molecule has 0 spiro atoms. The highest BCUT2D eigenvalue weighted by Gasteiger charge is 2.10. The molecule has 0 amide bonds. The summed E-state index contributed by atoms with van der Waals surface area (Å²) in [7, 11) is 0. The Morgan fingerprint density at radius 3 is 2.38 bits per heavy atom. The molecule has 1 aromatic heterocycles. The van der Waals surface area contributed by atoms with Crippen LogP contribution >= 0.6 is 11.6 Å². The van der Waals surface area contributed by atoms with Gasteiger partial charge in [0.1, 0.15) is 5.75 Å². The van der Waals surface area contributed by atoms with Gasteiger partial charge in [0, 0.05) is 21.4 Å². The van der Waals surface area contributed by atoms with Crippen LogP contribution in [0.15, 0.2) is 66.7 Å². The number of aromatic nitrogens is 1.